The second-order valence-corrected chi connectivity index (χ2v) is 5.47. The van der Waals surface area contributed by atoms with Crippen molar-refractivity contribution < 1.29 is 14.6 Å². The molecule has 3 fully saturated rings. The first-order valence-corrected chi connectivity index (χ1v) is 5.36. The first kappa shape index (κ1) is 8.86. The van der Waals surface area contributed by atoms with E-state index in [1.807, 2.05) is 0 Å². The van der Waals surface area contributed by atoms with Gasteiger partial charge >= 0.3 is 0 Å². The number of fused-ring (bicyclic) bond motifs is 2. The lowest BCUT2D eigenvalue weighted by Gasteiger charge is -2.34. The molecule has 14 heavy (non-hydrogen) atoms. The van der Waals surface area contributed by atoms with Crippen molar-refractivity contribution in [1.82, 2.24) is 0 Å². The fourth-order valence-corrected chi connectivity index (χ4v) is 3.90. The third-order valence-electron chi connectivity index (χ3n) is 4.90. The van der Waals surface area contributed by atoms with Gasteiger partial charge < -0.3 is 9.84 Å². The first-order valence-electron chi connectivity index (χ1n) is 5.36. The van der Waals surface area contributed by atoms with Crippen molar-refractivity contribution in [1.29, 1.82) is 0 Å². The van der Waals surface area contributed by atoms with E-state index < -0.39 is 6.10 Å². The van der Waals surface area contributed by atoms with E-state index in [2.05, 4.69) is 13.8 Å². The second kappa shape index (κ2) is 2.22. The third-order valence-corrected chi connectivity index (χ3v) is 4.90. The predicted molar refractivity (Wildman–Crippen MR) is 49.7 cm³/mol. The van der Waals surface area contributed by atoms with Crippen LogP contribution in [0.25, 0.3) is 0 Å². The Morgan fingerprint density at radius 1 is 1.50 bits per heavy atom. The molecule has 1 saturated heterocycles. The average molecular weight is 196 g/mol. The molecule has 3 rings (SSSR count). The molecule has 3 heteroatoms. The summed E-state index contributed by atoms with van der Waals surface area (Å²) in [5.74, 6) is 0.195. The van der Waals surface area contributed by atoms with Crippen molar-refractivity contribution >= 4 is 5.78 Å². The van der Waals surface area contributed by atoms with Crippen LogP contribution in [0.1, 0.15) is 26.7 Å². The van der Waals surface area contributed by atoms with Crippen molar-refractivity contribution in [3.63, 3.8) is 0 Å². The van der Waals surface area contributed by atoms with Gasteiger partial charge in [0.15, 0.2) is 5.78 Å². The van der Waals surface area contributed by atoms with Gasteiger partial charge in [0.2, 0.25) is 0 Å². The molecule has 1 heterocycles. The van der Waals surface area contributed by atoms with E-state index in [1.165, 1.54) is 0 Å². The molecule has 2 saturated carbocycles. The number of carbonyl (C=O) groups is 1. The lowest BCUT2D eigenvalue weighted by molar-refractivity contribution is -0.137. The summed E-state index contributed by atoms with van der Waals surface area (Å²) in [4.78, 5) is 12.1. The van der Waals surface area contributed by atoms with Crippen LogP contribution in [0.4, 0.5) is 0 Å². The molecule has 3 nitrogen and oxygen atoms in total. The summed E-state index contributed by atoms with van der Waals surface area (Å²) >= 11 is 0. The van der Waals surface area contributed by atoms with E-state index in [4.69, 9.17) is 4.74 Å². The zero-order valence-electron chi connectivity index (χ0n) is 8.62. The minimum absolute atomic E-state index is 0.0428. The number of hydrogen-bond acceptors (Lipinski definition) is 3. The first-order chi connectivity index (χ1) is 6.52. The Morgan fingerprint density at radius 3 is 2.57 bits per heavy atom. The standard InChI is InChI=1S/C11H16O3/c1-10(2)6-3-4-11(10,7-5-14-7)9(13)8(6)12/h6-8,12H,3-5H2,1-2H3/t6-,7-,8-,11+/m0/s1. The molecule has 0 amide bonds. The molecule has 1 N–H and O–H groups in total. The molecule has 0 radical (unpaired) electrons. The number of epoxide rings is 1. The van der Waals surface area contributed by atoms with Gasteiger partial charge in [0, 0.05) is 0 Å². The molecule has 1 aliphatic heterocycles. The highest BCUT2D eigenvalue weighted by Gasteiger charge is 2.73. The van der Waals surface area contributed by atoms with Crippen LogP contribution in [0.5, 0.6) is 0 Å². The van der Waals surface area contributed by atoms with Crippen LogP contribution in [-0.2, 0) is 9.53 Å². The second-order valence-electron chi connectivity index (χ2n) is 5.47. The molecule has 2 bridgehead atoms. The molecule has 2 aliphatic carbocycles. The van der Waals surface area contributed by atoms with Gasteiger partial charge in [0.1, 0.15) is 6.10 Å². The van der Waals surface area contributed by atoms with E-state index in [-0.39, 0.29) is 28.6 Å². The summed E-state index contributed by atoms with van der Waals surface area (Å²) in [6.45, 7) is 4.93. The number of Topliss-reactive ketones (excluding diaryl/α,β-unsaturated/α-hetero) is 1. The van der Waals surface area contributed by atoms with Crippen LogP contribution in [0.2, 0.25) is 0 Å². The zero-order valence-corrected chi connectivity index (χ0v) is 8.62. The van der Waals surface area contributed by atoms with Gasteiger partial charge in [0.25, 0.3) is 0 Å². The highest BCUT2D eigenvalue weighted by Crippen LogP contribution is 2.67. The lowest BCUT2D eigenvalue weighted by atomic mass is 9.67. The molecule has 4 atom stereocenters. The highest BCUT2D eigenvalue weighted by atomic mass is 16.6. The van der Waals surface area contributed by atoms with Crippen LogP contribution < -0.4 is 0 Å². The number of hydrogen-bond donors (Lipinski definition) is 1. The SMILES string of the molecule is CC1(C)[C@H]2CC[C@@]1([C@@H]1CO1)C(=O)[C@H]2O. The molecule has 3 aliphatic rings. The number of aliphatic hydroxyl groups is 1. The van der Waals surface area contributed by atoms with E-state index in [0.29, 0.717) is 6.61 Å². The van der Waals surface area contributed by atoms with Crippen LogP contribution >= 0.6 is 0 Å². The Labute approximate surface area is 83.4 Å². The molecule has 0 aromatic rings. The van der Waals surface area contributed by atoms with Crippen LogP contribution in [0.15, 0.2) is 0 Å². The molecule has 0 unspecified atom stereocenters. The Morgan fingerprint density at radius 2 is 2.14 bits per heavy atom. The Bertz CT molecular complexity index is 306. The van der Waals surface area contributed by atoms with Gasteiger partial charge in [-0.15, -0.1) is 0 Å². The Hall–Kier alpha value is -0.410. The largest absolute Gasteiger partial charge is 0.385 e. The molecule has 78 valence electrons. The van der Waals surface area contributed by atoms with Gasteiger partial charge in [-0.25, -0.2) is 0 Å². The van der Waals surface area contributed by atoms with Gasteiger partial charge in [0.05, 0.1) is 18.1 Å². The van der Waals surface area contributed by atoms with Crippen LogP contribution in [0.3, 0.4) is 0 Å². The smallest absolute Gasteiger partial charge is 0.170 e. The number of rotatable bonds is 1. The van der Waals surface area contributed by atoms with E-state index in [9.17, 15) is 9.90 Å². The zero-order chi connectivity index (χ0) is 10.1. The van der Waals surface area contributed by atoms with Crippen LogP contribution in [0, 0.1) is 16.7 Å². The molecular formula is C11H16O3. The summed E-state index contributed by atoms with van der Waals surface area (Å²) < 4.78 is 5.34. The van der Waals surface area contributed by atoms with E-state index >= 15 is 0 Å². The van der Waals surface area contributed by atoms with Crippen molar-refractivity contribution in [2.24, 2.45) is 16.7 Å². The minimum Gasteiger partial charge on any atom is -0.385 e. The lowest BCUT2D eigenvalue weighted by Crippen LogP contribution is -2.42. The fraction of sp³-hybridized carbons (Fsp3) is 0.909. The third kappa shape index (κ3) is 0.684. The summed E-state index contributed by atoms with van der Waals surface area (Å²) in [7, 11) is 0. The fourth-order valence-electron chi connectivity index (χ4n) is 3.90. The van der Waals surface area contributed by atoms with E-state index in [0.717, 1.165) is 12.8 Å². The summed E-state index contributed by atoms with van der Waals surface area (Å²) in [6, 6.07) is 0. The molecule has 0 aromatic heterocycles. The number of ether oxygens (including phenoxy) is 1. The van der Waals surface area contributed by atoms with Crippen LogP contribution in [-0.4, -0.2) is 29.7 Å². The molecular weight excluding hydrogens is 180 g/mol. The topological polar surface area (TPSA) is 49.8 Å². The minimum atomic E-state index is -0.733. The Balaban J connectivity index is 2.12. The van der Waals surface area contributed by atoms with E-state index in [1.54, 1.807) is 0 Å². The van der Waals surface area contributed by atoms with Gasteiger partial charge in [-0.2, -0.15) is 0 Å². The maximum Gasteiger partial charge on any atom is 0.170 e. The maximum absolute atomic E-state index is 12.1. The highest BCUT2D eigenvalue weighted by molar-refractivity contribution is 5.94. The monoisotopic (exact) mass is 196 g/mol. The number of ketones is 1. The molecule has 0 spiro atoms. The van der Waals surface area contributed by atoms with Crippen molar-refractivity contribution in [2.45, 2.75) is 38.9 Å². The van der Waals surface area contributed by atoms with Gasteiger partial charge in [-0.1, -0.05) is 13.8 Å². The summed E-state index contributed by atoms with van der Waals surface area (Å²) in [5, 5.41) is 9.86. The van der Waals surface area contributed by atoms with Gasteiger partial charge in [-0.05, 0) is 24.2 Å². The van der Waals surface area contributed by atoms with Gasteiger partial charge in [-0.3, -0.25) is 4.79 Å². The maximum atomic E-state index is 12.1. The summed E-state index contributed by atoms with van der Waals surface area (Å²) in [6.07, 6.45) is 1.24. The number of carbonyl (C=O) groups excluding carboxylic acids is 1. The molecule has 0 aromatic carbocycles. The quantitative estimate of drug-likeness (QED) is 0.630. The normalized spacial score (nSPS) is 53.9. The average Bonchev–Trinajstić information content (AvgIpc) is 2.87. The van der Waals surface area contributed by atoms with Crippen molar-refractivity contribution in [3.05, 3.63) is 0 Å². The number of aliphatic hydroxyl groups excluding tert-OH is 1. The van der Waals surface area contributed by atoms with Crippen molar-refractivity contribution in [2.75, 3.05) is 6.61 Å². The Kier molecular flexibility index (Phi) is 1.41. The van der Waals surface area contributed by atoms with Crippen molar-refractivity contribution in [3.8, 4) is 0 Å². The summed E-state index contributed by atoms with van der Waals surface area (Å²) in [5.41, 5.74) is -0.443. The predicted octanol–water partition coefficient (Wildman–Crippen LogP) is 0.751.